The lowest BCUT2D eigenvalue weighted by Crippen LogP contribution is -2.55. The Morgan fingerprint density at radius 1 is 1.12 bits per heavy atom. The van der Waals surface area contributed by atoms with Gasteiger partial charge in [-0.15, -0.1) is 0 Å². The van der Waals surface area contributed by atoms with Crippen molar-refractivity contribution in [3.63, 3.8) is 0 Å². The molecule has 1 aromatic carbocycles. The molecule has 1 heterocycles. The number of carbonyl (C=O) groups is 4. The molecule has 9 nitrogen and oxygen atoms in total. The number of rotatable bonds is 10. The number of hydrogen-bond donors (Lipinski definition) is 2. The second-order valence-electron chi connectivity index (χ2n) is 9.47. The van der Waals surface area contributed by atoms with Gasteiger partial charge in [-0.1, -0.05) is 44.2 Å². The van der Waals surface area contributed by atoms with Gasteiger partial charge in [0, 0.05) is 6.54 Å². The Kier molecular flexibility index (Phi) is 9.25. The Bertz CT molecular complexity index is 833. The zero-order chi connectivity index (χ0) is 24.6. The number of benzene rings is 1. The third kappa shape index (κ3) is 8.75. The molecule has 2 amide bonds. The zero-order valence-corrected chi connectivity index (χ0v) is 19.9. The van der Waals surface area contributed by atoms with Crippen molar-refractivity contribution in [1.82, 2.24) is 10.6 Å². The average Bonchev–Trinajstić information content (AvgIpc) is 2.72. The minimum Gasteiger partial charge on any atom is -0.459 e. The van der Waals surface area contributed by atoms with Gasteiger partial charge in [-0.3, -0.25) is 9.59 Å². The van der Waals surface area contributed by atoms with Crippen LogP contribution in [0, 0.1) is 11.8 Å². The molecule has 2 N–H and O–H groups in total. The summed E-state index contributed by atoms with van der Waals surface area (Å²) in [6, 6.07) is 8.11. The van der Waals surface area contributed by atoms with Crippen LogP contribution >= 0.6 is 0 Å². The summed E-state index contributed by atoms with van der Waals surface area (Å²) in [5.74, 6) is -1.66. The van der Waals surface area contributed by atoms with Gasteiger partial charge in [0.1, 0.15) is 24.2 Å². The molecular weight excluding hydrogens is 428 g/mol. The van der Waals surface area contributed by atoms with E-state index in [1.54, 1.807) is 20.8 Å². The fraction of sp³-hybridized carbons (Fsp3) is 0.583. The Hall–Kier alpha value is -3.10. The first kappa shape index (κ1) is 26.2. The number of alkyl carbamates (subject to hydrolysis) is 1. The molecular formula is C24H34N2O7. The van der Waals surface area contributed by atoms with Crippen LogP contribution in [0.3, 0.4) is 0 Å². The van der Waals surface area contributed by atoms with Crippen LogP contribution in [0.5, 0.6) is 0 Å². The van der Waals surface area contributed by atoms with Crippen LogP contribution in [0.2, 0.25) is 0 Å². The average molecular weight is 463 g/mol. The number of cyclic esters (lactones) is 1. The predicted molar refractivity (Wildman–Crippen MR) is 120 cm³/mol. The second-order valence-corrected chi connectivity index (χ2v) is 9.47. The Balaban J connectivity index is 1.92. The third-order valence-corrected chi connectivity index (χ3v) is 4.83. The molecule has 1 saturated heterocycles. The topological polar surface area (TPSA) is 120 Å². The summed E-state index contributed by atoms with van der Waals surface area (Å²) in [5.41, 5.74) is 0.0641. The highest BCUT2D eigenvalue weighted by Gasteiger charge is 2.47. The molecule has 0 spiro atoms. The van der Waals surface area contributed by atoms with Gasteiger partial charge in [0.05, 0.1) is 0 Å². The molecule has 3 atom stereocenters. The van der Waals surface area contributed by atoms with Gasteiger partial charge in [0.2, 0.25) is 0 Å². The Morgan fingerprint density at radius 2 is 1.79 bits per heavy atom. The van der Waals surface area contributed by atoms with Crippen molar-refractivity contribution in [2.24, 2.45) is 11.8 Å². The Morgan fingerprint density at radius 3 is 2.36 bits per heavy atom. The normalized spacial score (nSPS) is 18.5. The lowest BCUT2D eigenvalue weighted by atomic mass is 9.87. The highest BCUT2D eigenvalue weighted by Crippen LogP contribution is 2.28. The van der Waals surface area contributed by atoms with E-state index in [9.17, 15) is 19.2 Å². The van der Waals surface area contributed by atoms with E-state index in [-0.39, 0.29) is 31.5 Å². The first-order chi connectivity index (χ1) is 15.5. The van der Waals surface area contributed by atoms with Crippen molar-refractivity contribution >= 4 is 23.9 Å². The SMILES string of the molecule is CC(C)C[C@@H]1C(=O)O[C@H]1C(=O)NCC[C@H](NC(=O)OC(C)(C)C)C(=O)OCc1ccccc1. The van der Waals surface area contributed by atoms with Crippen molar-refractivity contribution in [2.75, 3.05) is 6.54 Å². The maximum absolute atomic E-state index is 12.6. The molecule has 33 heavy (non-hydrogen) atoms. The standard InChI is InChI=1S/C24H34N2O7/c1-15(2)13-17-19(32-21(17)28)20(27)25-12-11-18(26-23(30)33-24(3,4)5)22(29)31-14-16-9-7-6-8-10-16/h6-10,15,17-19H,11-14H2,1-5H3,(H,25,27)(H,26,30)/t17-,18-,19+/m0/s1. The maximum Gasteiger partial charge on any atom is 0.408 e. The van der Waals surface area contributed by atoms with E-state index in [0.29, 0.717) is 6.42 Å². The first-order valence-corrected chi connectivity index (χ1v) is 11.1. The summed E-state index contributed by atoms with van der Waals surface area (Å²) in [7, 11) is 0. The number of amides is 2. The summed E-state index contributed by atoms with van der Waals surface area (Å²) in [5, 5.41) is 5.18. The minimum atomic E-state index is -1.03. The van der Waals surface area contributed by atoms with Crippen LogP contribution in [0.15, 0.2) is 30.3 Å². The summed E-state index contributed by atoms with van der Waals surface area (Å²) in [6.45, 7) is 9.19. The fourth-order valence-electron chi connectivity index (χ4n) is 3.28. The number of carbonyl (C=O) groups excluding carboxylic acids is 4. The molecule has 0 radical (unpaired) electrons. The molecule has 1 aromatic rings. The molecule has 1 fully saturated rings. The van der Waals surface area contributed by atoms with Gasteiger partial charge in [0.15, 0.2) is 6.10 Å². The van der Waals surface area contributed by atoms with E-state index in [1.807, 2.05) is 44.2 Å². The Labute approximate surface area is 194 Å². The molecule has 0 aromatic heterocycles. The molecule has 0 bridgehead atoms. The van der Waals surface area contributed by atoms with Crippen LogP contribution in [-0.2, 0) is 35.2 Å². The third-order valence-electron chi connectivity index (χ3n) is 4.83. The molecule has 0 saturated carbocycles. The van der Waals surface area contributed by atoms with Crippen LogP contribution < -0.4 is 10.6 Å². The minimum absolute atomic E-state index is 0.0490. The van der Waals surface area contributed by atoms with E-state index in [1.165, 1.54) is 0 Å². The number of ether oxygens (including phenoxy) is 3. The molecule has 182 valence electrons. The van der Waals surface area contributed by atoms with Gasteiger partial charge in [-0.2, -0.15) is 0 Å². The van der Waals surface area contributed by atoms with E-state index in [4.69, 9.17) is 14.2 Å². The van der Waals surface area contributed by atoms with Crippen molar-refractivity contribution < 1.29 is 33.4 Å². The van der Waals surface area contributed by atoms with E-state index in [2.05, 4.69) is 10.6 Å². The van der Waals surface area contributed by atoms with Crippen LogP contribution in [0.4, 0.5) is 4.79 Å². The second kappa shape index (κ2) is 11.7. The van der Waals surface area contributed by atoms with E-state index >= 15 is 0 Å². The predicted octanol–water partition coefficient (Wildman–Crippen LogP) is 2.72. The summed E-state index contributed by atoms with van der Waals surface area (Å²) in [6.07, 6.45) is -0.956. The molecule has 2 rings (SSSR count). The summed E-state index contributed by atoms with van der Waals surface area (Å²) >= 11 is 0. The highest BCUT2D eigenvalue weighted by atomic mass is 16.6. The lowest BCUT2D eigenvalue weighted by molar-refractivity contribution is -0.190. The van der Waals surface area contributed by atoms with Crippen LogP contribution in [0.1, 0.15) is 53.0 Å². The van der Waals surface area contributed by atoms with Crippen molar-refractivity contribution in [3.05, 3.63) is 35.9 Å². The lowest BCUT2D eigenvalue weighted by Gasteiger charge is -2.34. The largest absolute Gasteiger partial charge is 0.459 e. The smallest absolute Gasteiger partial charge is 0.408 e. The maximum atomic E-state index is 12.6. The molecule has 1 aliphatic heterocycles. The summed E-state index contributed by atoms with van der Waals surface area (Å²) < 4.78 is 15.6. The van der Waals surface area contributed by atoms with E-state index < -0.39 is 41.6 Å². The van der Waals surface area contributed by atoms with Gasteiger partial charge < -0.3 is 24.8 Å². The van der Waals surface area contributed by atoms with Crippen LogP contribution in [-0.4, -0.2) is 48.2 Å². The molecule has 1 aliphatic rings. The molecule has 0 aliphatic carbocycles. The van der Waals surface area contributed by atoms with Gasteiger partial charge in [-0.25, -0.2) is 9.59 Å². The monoisotopic (exact) mass is 462 g/mol. The number of esters is 2. The van der Waals surface area contributed by atoms with Gasteiger partial charge in [-0.05, 0) is 45.1 Å². The summed E-state index contributed by atoms with van der Waals surface area (Å²) in [4.78, 5) is 48.9. The highest BCUT2D eigenvalue weighted by molar-refractivity contribution is 5.94. The van der Waals surface area contributed by atoms with Crippen molar-refractivity contribution in [3.8, 4) is 0 Å². The number of nitrogens with one attached hydrogen (secondary N) is 2. The molecule has 0 unspecified atom stereocenters. The first-order valence-electron chi connectivity index (χ1n) is 11.1. The number of hydrogen-bond acceptors (Lipinski definition) is 7. The molecule has 9 heteroatoms. The fourth-order valence-corrected chi connectivity index (χ4v) is 3.28. The zero-order valence-electron chi connectivity index (χ0n) is 19.9. The quantitative estimate of drug-likeness (QED) is 0.405. The van der Waals surface area contributed by atoms with Crippen LogP contribution in [0.25, 0.3) is 0 Å². The van der Waals surface area contributed by atoms with Gasteiger partial charge >= 0.3 is 18.0 Å². The van der Waals surface area contributed by atoms with E-state index in [0.717, 1.165) is 5.56 Å². The van der Waals surface area contributed by atoms with Gasteiger partial charge in [0.25, 0.3) is 5.91 Å². The van der Waals surface area contributed by atoms with Crippen molar-refractivity contribution in [2.45, 2.75) is 71.8 Å². The van der Waals surface area contributed by atoms with Crippen molar-refractivity contribution in [1.29, 1.82) is 0 Å².